The normalized spacial score (nSPS) is 31.0. The summed E-state index contributed by atoms with van der Waals surface area (Å²) < 4.78 is 6.33. The predicted octanol–water partition coefficient (Wildman–Crippen LogP) is -1.90. The average Bonchev–Trinajstić information content (AvgIpc) is 2.97. The number of halogens is 1. The lowest BCUT2D eigenvalue weighted by atomic mass is 9.80. The fourth-order valence-corrected chi connectivity index (χ4v) is 3.50. The van der Waals surface area contributed by atoms with Crippen LogP contribution in [-0.2, 0) is 4.74 Å². The highest BCUT2D eigenvalue weighted by Crippen LogP contribution is 2.45. The Morgan fingerprint density at radius 1 is 1.48 bits per heavy atom. The standard InChI is InChI=1S/C12H16BBrN4O5/c1-12(14)8(20)6(3-19)23-11(12)18-2-5(13(21)22)7-9(15)16-4-17-10(7)18/h2,4,6,8,11,19-22H,3H2,1H3,(H2,15,16,17)/t6-,8-,11-,12-/m1/s1. The Hall–Kier alpha value is -1.24. The maximum atomic E-state index is 10.3. The van der Waals surface area contributed by atoms with Gasteiger partial charge in [-0.25, -0.2) is 9.97 Å². The lowest BCUT2D eigenvalue weighted by molar-refractivity contribution is -0.0437. The molecule has 2 aromatic rings. The van der Waals surface area contributed by atoms with E-state index in [1.165, 1.54) is 17.1 Å². The summed E-state index contributed by atoms with van der Waals surface area (Å²) in [5.41, 5.74) is 6.29. The maximum Gasteiger partial charge on any atom is 0.490 e. The molecule has 124 valence electrons. The zero-order chi connectivity index (χ0) is 16.9. The molecule has 3 rings (SSSR count). The molecule has 0 aliphatic carbocycles. The van der Waals surface area contributed by atoms with Crippen LogP contribution in [0.25, 0.3) is 11.0 Å². The van der Waals surface area contributed by atoms with Crippen LogP contribution in [0.5, 0.6) is 0 Å². The number of aliphatic hydroxyl groups is 2. The minimum absolute atomic E-state index is 0.102. The predicted molar refractivity (Wildman–Crippen MR) is 86.1 cm³/mol. The Morgan fingerprint density at radius 3 is 2.74 bits per heavy atom. The highest BCUT2D eigenvalue weighted by Gasteiger charge is 2.52. The van der Waals surface area contributed by atoms with E-state index < -0.39 is 29.9 Å². The number of nitrogens with two attached hydrogens (primary N) is 1. The number of hydrogen-bond acceptors (Lipinski definition) is 8. The molecule has 0 unspecified atom stereocenters. The Morgan fingerprint density at radius 2 is 2.17 bits per heavy atom. The van der Waals surface area contributed by atoms with Crippen LogP contribution in [0.3, 0.4) is 0 Å². The molecule has 0 amide bonds. The molecule has 3 heterocycles. The molecule has 0 saturated carbocycles. The zero-order valence-corrected chi connectivity index (χ0v) is 13.8. The van der Waals surface area contributed by atoms with Crippen molar-refractivity contribution in [3.05, 3.63) is 12.5 Å². The molecule has 2 aromatic heterocycles. The van der Waals surface area contributed by atoms with E-state index >= 15 is 0 Å². The van der Waals surface area contributed by atoms with Crippen LogP contribution in [0.4, 0.5) is 5.82 Å². The second kappa shape index (κ2) is 5.69. The van der Waals surface area contributed by atoms with E-state index in [1.807, 2.05) is 0 Å². The number of nitrogen functional groups attached to an aromatic ring is 1. The number of hydrogen-bond donors (Lipinski definition) is 5. The summed E-state index contributed by atoms with van der Waals surface area (Å²) in [6.45, 7) is 1.36. The summed E-state index contributed by atoms with van der Waals surface area (Å²) in [6, 6.07) is 0. The van der Waals surface area contributed by atoms with Crippen LogP contribution in [0, 0.1) is 0 Å². The summed E-state index contributed by atoms with van der Waals surface area (Å²) in [7, 11) is -1.77. The Bertz CT molecular complexity index is 740. The molecule has 9 nitrogen and oxygen atoms in total. The number of nitrogens with zero attached hydrogens (tertiary/aromatic N) is 3. The van der Waals surface area contributed by atoms with Crippen molar-refractivity contribution in [2.45, 2.75) is 29.7 Å². The van der Waals surface area contributed by atoms with Gasteiger partial charge in [-0.15, -0.1) is 0 Å². The van der Waals surface area contributed by atoms with Crippen LogP contribution >= 0.6 is 15.9 Å². The first kappa shape index (κ1) is 16.6. The number of aromatic nitrogens is 3. The third-order valence-electron chi connectivity index (χ3n) is 4.10. The van der Waals surface area contributed by atoms with Gasteiger partial charge in [0.15, 0.2) is 6.23 Å². The molecule has 1 aliphatic rings. The first-order chi connectivity index (χ1) is 10.8. The molecular weight excluding hydrogens is 371 g/mol. The molecule has 1 fully saturated rings. The smallest absolute Gasteiger partial charge is 0.423 e. The average molecular weight is 387 g/mol. The van der Waals surface area contributed by atoms with E-state index in [9.17, 15) is 20.3 Å². The van der Waals surface area contributed by atoms with E-state index in [1.54, 1.807) is 6.92 Å². The molecule has 0 radical (unpaired) electrons. The Labute approximate surface area is 140 Å². The Balaban J connectivity index is 2.19. The van der Waals surface area contributed by atoms with Gasteiger partial charge in [0.2, 0.25) is 0 Å². The summed E-state index contributed by atoms with van der Waals surface area (Å²) in [6.07, 6.45) is 0.179. The number of ether oxygens (including phenoxy) is 1. The number of anilines is 1. The highest BCUT2D eigenvalue weighted by molar-refractivity contribution is 9.10. The minimum Gasteiger partial charge on any atom is -0.423 e. The first-order valence-corrected chi connectivity index (χ1v) is 7.68. The van der Waals surface area contributed by atoms with Gasteiger partial charge < -0.3 is 35.3 Å². The second-order valence-electron chi connectivity index (χ2n) is 5.63. The third-order valence-corrected chi connectivity index (χ3v) is 4.96. The topological polar surface area (TPSA) is 147 Å². The molecule has 0 bridgehead atoms. The van der Waals surface area contributed by atoms with Crippen molar-refractivity contribution in [2.75, 3.05) is 12.3 Å². The van der Waals surface area contributed by atoms with Gasteiger partial charge in [-0.3, -0.25) is 0 Å². The van der Waals surface area contributed by atoms with Crippen LogP contribution in [0.1, 0.15) is 13.2 Å². The minimum atomic E-state index is -1.77. The van der Waals surface area contributed by atoms with Gasteiger partial charge in [0.05, 0.1) is 16.3 Å². The van der Waals surface area contributed by atoms with Gasteiger partial charge in [-0.2, -0.15) is 0 Å². The van der Waals surface area contributed by atoms with Crippen molar-refractivity contribution in [1.82, 2.24) is 14.5 Å². The molecule has 11 heteroatoms. The van der Waals surface area contributed by atoms with Crippen molar-refractivity contribution in [3.8, 4) is 0 Å². The van der Waals surface area contributed by atoms with Crippen molar-refractivity contribution in [1.29, 1.82) is 0 Å². The quantitative estimate of drug-likeness (QED) is 0.303. The van der Waals surface area contributed by atoms with Gasteiger partial charge in [0, 0.05) is 11.7 Å². The van der Waals surface area contributed by atoms with Crippen molar-refractivity contribution >= 4 is 45.4 Å². The molecular formula is C12H16BBrN4O5. The number of fused-ring (bicyclic) bond motifs is 1. The molecule has 6 N–H and O–H groups in total. The van der Waals surface area contributed by atoms with Crippen molar-refractivity contribution in [2.24, 2.45) is 0 Å². The number of alkyl halides is 1. The lowest BCUT2D eigenvalue weighted by Gasteiger charge is -2.27. The largest absolute Gasteiger partial charge is 0.490 e. The van der Waals surface area contributed by atoms with Crippen molar-refractivity contribution in [3.63, 3.8) is 0 Å². The van der Waals surface area contributed by atoms with Crippen LogP contribution < -0.4 is 11.2 Å². The lowest BCUT2D eigenvalue weighted by Crippen LogP contribution is -2.39. The molecule has 23 heavy (non-hydrogen) atoms. The Kier molecular flexibility index (Phi) is 4.11. The summed E-state index contributed by atoms with van der Waals surface area (Å²) in [5.74, 6) is 0.102. The van der Waals surface area contributed by atoms with E-state index in [4.69, 9.17) is 10.5 Å². The summed E-state index contributed by atoms with van der Waals surface area (Å²) >= 11 is 3.44. The summed E-state index contributed by atoms with van der Waals surface area (Å²) in [5, 5.41) is 39.1. The molecule has 1 saturated heterocycles. The fraction of sp³-hybridized carbons (Fsp3) is 0.500. The van der Waals surface area contributed by atoms with Gasteiger partial charge in [-0.1, -0.05) is 15.9 Å². The van der Waals surface area contributed by atoms with Gasteiger partial charge in [0.1, 0.15) is 30.0 Å². The molecule has 0 aromatic carbocycles. The second-order valence-corrected chi connectivity index (χ2v) is 7.34. The van der Waals surface area contributed by atoms with Gasteiger partial charge in [-0.05, 0) is 6.92 Å². The van der Waals surface area contributed by atoms with Crippen molar-refractivity contribution < 1.29 is 25.0 Å². The number of aliphatic hydroxyl groups excluding tert-OH is 2. The van der Waals surface area contributed by atoms with E-state index in [0.29, 0.717) is 11.0 Å². The van der Waals surface area contributed by atoms with Crippen LogP contribution in [0.15, 0.2) is 12.5 Å². The molecule has 1 aliphatic heterocycles. The van der Waals surface area contributed by atoms with Crippen LogP contribution in [0.2, 0.25) is 0 Å². The van der Waals surface area contributed by atoms with E-state index in [0.717, 1.165) is 0 Å². The SMILES string of the molecule is C[C@@]1(Br)[C@H](O)[C@@H](CO)O[C@H]1n1cc(B(O)O)c2c(N)ncnc21. The maximum absolute atomic E-state index is 10.3. The van der Waals surface area contributed by atoms with Crippen LogP contribution in [-0.4, -0.2) is 65.1 Å². The fourth-order valence-electron chi connectivity index (χ4n) is 2.88. The van der Waals surface area contributed by atoms with E-state index in [-0.39, 0.29) is 17.9 Å². The first-order valence-electron chi connectivity index (χ1n) is 6.89. The number of rotatable bonds is 3. The monoisotopic (exact) mass is 386 g/mol. The third kappa shape index (κ3) is 2.44. The highest BCUT2D eigenvalue weighted by atomic mass is 79.9. The van der Waals surface area contributed by atoms with Gasteiger partial charge in [0.25, 0.3) is 0 Å². The van der Waals surface area contributed by atoms with Gasteiger partial charge >= 0.3 is 7.12 Å². The molecule has 0 spiro atoms. The molecule has 4 atom stereocenters. The zero-order valence-electron chi connectivity index (χ0n) is 12.2. The summed E-state index contributed by atoms with van der Waals surface area (Å²) in [4.78, 5) is 8.00. The van der Waals surface area contributed by atoms with E-state index in [2.05, 4.69) is 25.9 Å².